The molecule has 0 bridgehead atoms. The summed E-state index contributed by atoms with van der Waals surface area (Å²) < 4.78 is 5.73. The summed E-state index contributed by atoms with van der Waals surface area (Å²) in [5, 5.41) is 2.56. The molecule has 1 rings (SSSR count). The van der Waals surface area contributed by atoms with Gasteiger partial charge in [-0.05, 0) is 46.1 Å². The van der Waals surface area contributed by atoms with Crippen molar-refractivity contribution in [2.24, 2.45) is 0 Å². The maximum atomic E-state index is 11.5. The van der Waals surface area contributed by atoms with Crippen molar-refractivity contribution in [2.45, 2.75) is 19.4 Å². The molecule has 0 aromatic heterocycles. The van der Waals surface area contributed by atoms with Gasteiger partial charge in [-0.3, -0.25) is 4.79 Å². The summed E-state index contributed by atoms with van der Waals surface area (Å²) in [7, 11) is 5.59. The molecule has 0 atom stereocenters. The molecular formula is C14H23N3O2. The van der Waals surface area contributed by atoms with Crippen LogP contribution in [0.25, 0.3) is 0 Å². The zero-order valence-corrected chi connectivity index (χ0v) is 12.3. The third kappa shape index (κ3) is 3.86. The van der Waals surface area contributed by atoms with Gasteiger partial charge in [-0.25, -0.2) is 0 Å². The van der Waals surface area contributed by atoms with Crippen molar-refractivity contribution in [1.29, 1.82) is 0 Å². The molecule has 106 valence electrons. The predicted octanol–water partition coefficient (Wildman–Crippen LogP) is 1.35. The Labute approximate surface area is 114 Å². The van der Waals surface area contributed by atoms with Gasteiger partial charge in [0.1, 0.15) is 12.4 Å². The first-order valence-electron chi connectivity index (χ1n) is 6.20. The maximum Gasteiger partial charge on any atom is 0.251 e. The third-order valence-corrected chi connectivity index (χ3v) is 3.29. The lowest BCUT2D eigenvalue weighted by atomic mass is 10.1. The zero-order chi connectivity index (χ0) is 14.6. The molecule has 19 heavy (non-hydrogen) atoms. The number of anilines is 1. The van der Waals surface area contributed by atoms with Crippen LogP contribution in [0.5, 0.6) is 5.75 Å². The molecule has 0 radical (unpaired) electrons. The topological polar surface area (TPSA) is 67.6 Å². The summed E-state index contributed by atoms with van der Waals surface area (Å²) in [4.78, 5) is 13.6. The number of rotatable bonds is 5. The van der Waals surface area contributed by atoms with Crippen molar-refractivity contribution in [3.63, 3.8) is 0 Å². The van der Waals surface area contributed by atoms with Crippen molar-refractivity contribution in [1.82, 2.24) is 10.2 Å². The van der Waals surface area contributed by atoms with Gasteiger partial charge in [-0.15, -0.1) is 0 Å². The van der Waals surface area contributed by atoms with Gasteiger partial charge >= 0.3 is 0 Å². The number of nitrogen functional groups attached to an aromatic ring is 1. The quantitative estimate of drug-likeness (QED) is 0.789. The Morgan fingerprint density at radius 3 is 2.53 bits per heavy atom. The lowest BCUT2D eigenvalue weighted by molar-refractivity contribution is 0.0962. The van der Waals surface area contributed by atoms with E-state index in [2.05, 4.69) is 24.1 Å². The highest BCUT2D eigenvalue weighted by Crippen LogP contribution is 2.24. The highest BCUT2D eigenvalue weighted by molar-refractivity contribution is 5.95. The van der Waals surface area contributed by atoms with E-state index >= 15 is 0 Å². The molecular weight excluding hydrogens is 242 g/mol. The number of carbonyl (C=O) groups excluding carboxylic acids is 1. The molecule has 1 amide bonds. The summed E-state index contributed by atoms with van der Waals surface area (Å²) in [5.41, 5.74) is 6.80. The molecule has 0 saturated heterocycles. The third-order valence-electron chi connectivity index (χ3n) is 3.29. The molecule has 3 N–H and O–H groups in total. The number of hydrogen-bond donors (Lipinski definition) is 2. The number of amides is 1. The summed E-state index contributed by atoms with van der Waals surface area (Å²) >= 11 is 0. The highest BCUT2D eigenvalue weighted by Gasteiger charge is 2.21. The van der Waals surface area contributed by atoms with Gasteiger partial charge in [0.05, 0.1) is 5.69 Å². The minimum Gasteiger partial charge on any atom is -0.490 e. The molecule has 0 aliphatic heterocycles. The first kappa shape index (κ1) is 15.3. The number of nitrogens with one attached hydrogen (secondary N) is 1. The van der Waals surface area contributed by atoms with Crippen molar-refractivity contribution in [3.8, 4) is 5.75 Å². The Kier molecular flexibility index (Phi) is 4.78. The first-order valence-corrected chi connectivity index (χ1v) is 6.20. The molecule has 5 nitrogen and oxygen atoms in total. The molecule has 0 spiro atoms. The zero-order valence-electron chi connectivity index (χ0n) is 12.3. The maximum absolute atomic E-state index is 11.5. The number of carbonyl (C=O) groups is 1. The Morgan fingerprint density at radius 1 is 1.42 bits per heavy atom. The smallest absolute Gasteiger partial charge is 0.251 e. The van der Waals surface area contributed by atoms with E-state index in [4.69, 9.17) is 10.5 Å². The van der Waals surface area contributed by atoms with E-state index in [9.17, 15) is 4.79 Å². The van der Waals surface area contributed by atoms with Gasteiger partial charge < -0.3 is 20.7 Å². The van der Waals surface area contributed by atoms with Gasteiger partial charge in [0.25, 0.3) is 5.91 Å². The van der Waals surface area contributed by atoms with E-state index in [1.807, 2.05) is 14.1 Å². The fourth-order valence-corrected chi connectivity index (χ4v) is 1.35. The fraction of sp³-hybridized carbons (Fsp3) is 0.500. The lowest BCUT2D eigenvalue weighted by Crippen LogP contribution is -2.43. The van der Waals surface area contributed by atoms with Crippen LogP contribution < -0.4 is 15.8 Å². The van der Waals surface area contributed by atoms with Gasteiger partial charge in [-0.1, -0.05) is 0 Å². The van der Waals surface area contributed by atoms with Crippen molar-refractivity contribution in [2.75, 3.05) is 33.5 Å². The SMILES string of the molecule is CNC(=O)c1ccc(OCC(C)(C)N(C)C)c(N)c1. The first-order chi connectivity index (χ1) is 8.77. The number of benzene rings is 1. The molecule has 0 saturated carbocycles. The van der Waals surface area contributed by atoms with Crippen molar-refractivity contribution >= 4 is 11.6 Å². The summed E-state index contributed by atoms with van der Waals surface area (Å²) in [6, 6.07) is 5.05. The summed E-state index contributed by atoms with van der Waals surface area (Å²) in [5.74, 6) is 0.439. The van der Waals surface area contributed by atoms with Crippen LogP contribution >= 0.6 is 0 Å². The summed E-state index contributed by atoms with van der Waals surface area (Å²) in [6.07, 6.45) is 0. The average Bonchev–Trinajstić information content (AvgIpc) is 2.36. The second kappa shape index (κ2) is 5.93. The predicted molar refractivity (Wildman–Crippen MR) is 77.5 cm³/mol. The molecule has 0 heterocycles. The van der Waals surface area contributed by atoms with E-state index in [1.54, 1.807) is 25.2 Å². The van der Waals surface area contributed by atoms with Crippen LogP contribution in [0.4, 0.5) is 5.69 Å². The summed E-state index contributed by atoms with van der Waals surface area (Å²) in [6.45, 7) is 4.69. The molecule has 5 heteroatoms. The Balaban J connectivity index is 2.79. The van der Waals surface area contributed by atoms with E-state index < -0.39 is 0 Å². The van der Waals surface area contributed by atoms with Crippen LogP contribution in [0.2, 0.25) is 0 Å². The van der Waals surface area contributed by atoms with Crippen LogP contribution in [0.1, 0.15) is 24.2 Å². The van der Waals surface area contributed by atoms with E-state index in [-0.39, 0.29) is 11.4 Å². The van der Waals surface area contributed by atoms with Crippen LogP contribution in [0.3, 0.4) is 0 Å². The van der Waals surface area contributed by atoms with Gasteiger partial charge in [0.2, 0.25) is 0 Å². The molecule has 0 fully saturated rings. The molecule has 1 aromatic carbocycles. The second-order valence-electron chi connectivity index (χ2n) is 5.33. The monoisotopic (exact) mass is 265 g/mol. The van der Waals surface area contributed by atoms with Crippen molar-refractivity contribution < 1.29 is 9.53 Å². The fourth-order valence-electron chi connectivity index (χ4n) is 1.35. The van der Waals surface area contributed by atoms with Crippen molar-refractivity contribution in [3.05, 3.63) is 23.8 Å². The van der Waals surface area contributed by atoms with Gasteiger partial charge in [-0.2, -0.15) is 0 Å². The molecule has 0 aliphatic rings. The van der Waals surface area contributed by atoms with E-state index in [0.717, 1.165) is 0 Å². The average molecular weight is 265 g/mol. The minimum absolute atomic E-state index is 0.0914. The second-order valence-corrected chi connectivity index (χ2v) is 5.33. The van der Waals surface area contributed by atoms with Crippen LogP contribution in [0, 0.1) is 0 Å². The van der Waals surface area contributed by atoms with E-state index in [0.29, 0.717) is 23.6 Å². The number of ether oxygens (including phenoxy) is 1. The molecule has 1 aromatic rings. The molecule has 0 aliphatic carbocycles. The molecule has 0 unspecified atom stereocenters. The normalized spacial score (nSPS) is 11.5. The highest BCUT2D eigenvalue weighted by atomic mass is 16.5. The van der Waals surface area contributed by atoms with Crippen LogP contribution in [0.15, 0.2) is 18.2 Å². The number of nitrogens with two attached hydrogens (primary N) is 1. The largest absolute Gasteiger partial charge is 0.490 e. The Bertz CT molecular complexity index is 456. The van der Waals surface area contributed by atoms with Crippen LogP contribution in [-0.2, 0) is 0 Å². The standard InChI is InChI=1S/C14H23N3O2/c1-14(2,17(4)5)9-19-12-7-6-10(8-11(12)15)13(18)16-3/h6-8H,9,15H2,1-5H3,(H,16,18). The van der Waals surface area contributed by atoms with E-state index in [1.165, 1.54) is 0 Å². The van der Waals surface area contributed by atoms with Gasteiger partial charge in [0, 0.05) is 18.2 Å². The lowest BCUT2D eigenvalue weighted by Gasteiger charge is -2.32. The Hall–Kier alpha value is -1.75. The van der Waals surface area contributed by atoms with Crippen LogP contribution in [-0.4, -0.2) is 44.1 Å². The number of likely N-dealkylation sites (N-methyl/N-ethyl adjacent to an activating group) is 1. The number of nitrogens with zero attached hydrogens (tertiary/aromatic N) is 1. The Morgan fingerprint density at radius 2 is 2.05 bits per heavy atom. The minimum atomic E-state index is -0.160. The number of hydrogen-bond acceptors (Lipinski definition) is 4. The van der Waals surface area contributed by atoms with Gasteiger partial charge in [0.15, 0.2) is 0 Å².